The van der Waals surface area contributed by atoms with Gasteiger partial charge < -0.3 is 15.3 Å². The molecule has 0 aromatic heterocycles. The summed E-state index contributed by atoms with van der Waals surface area (Å²) in [6.07, 6.45) is 0. The van der Waals surface area contributed by atoms with Crippen molar-refractivity contribution in [3.05, 3.63) is 28.8 Å². The molecule has 0 atom stereocenters. The molecule has 0 aliphatic rings. The summed E-state index contributed by atoms with van der Waals surface area (Å²) in [5, 5.41) is 13.7. The maximum absolute atomic E-state index is 9.92. The molecule has 0 saturated heterocycles. The van der Waals surface area contributed by atoms with Gasteiger partial charge in [-0.1, -0.05) is 17.7 Å². The molecule has 2 N–H and O–H groups in total. The van der Waals surface area contributed by atoms with Crippen LogP contribution in [0.2, 0.25) is 5.02 Å². The maximum Gasteiger partial charge on any atom is 0.0765 e. The van der Waals surface area contributed by atoms with Crippen molar-refractivity contribution in [3.63, 3.8) is 0 Å². The molecule has 0 saturated carbocycles. The number of nitrogens with zero attached hydrogens (tertiary/aromatic N) is 1. The second kappa shape index (κ2) is 6.41. The number of benzene rings is 1. The first kappa shape index (κ1) is 15.3. The predicted molar refractivity (Wildman–Crippen MR) is 78.4 cm³/mol. The smallest absolute Gasteiger partial charge is 0.0765 e. The molecule has 1 aromatic carbocycles. The third-order valence-electron chi connectivity index (χ3n) is 2.69. The highest BCUT2D eigenvalue weighted by Crippen LogP contribution is 2.28. The summed E-state index contributed by atoms with van der Waals surface area (Å²) in [7, 11) is 1.91. The highest BCUT2D eigenvalue weighted by molar-refractivity contribution is 6.33. The molecule has 0 aliphatic carbocycles. The number of hydrogen-bond donors (Lipinski definition) is 2. The Morgan fingerprint density at radius 3 is 2.50 bits per heavy atom. The fourth-order valence-corrected chi connectivity index (χ4v) is 2.28. The summed E-state index contributed by atoms with van der Waals surface area (Å²) in [5.41, 5.74) is 1.40. The monoisotopic (exact) mass is 270 g/mol. The Hall–Kier alpha value is -0.770. The van der Waals surface area contributed by atoms with Crippen molar-refractivity contribution in [3.8, 4) is 0 Å². The van der Waals surface area contributed by atoms with Crippen molar-refractivity contribution in [2.75, 3.05) is 25.0 Å². The lowest BCUT2D eigenvalue weighted by Crippen LogP contribution is -2.38. The van der Waals surface area contributed by atoms with E-state index in [0.717, 1.165) is 29.4 Å². The van der Waals surface area contributed by atoms with Crippen molar-refractivity contribution in [1.29, 1.82) is 0 Å². The summed E-state index contributed by atoms with van der Waals surface area (Å²) in [5.74, 6) is 0. The zero-order chi connectivity index (χ0) is 13.8. The highest BCUT2D eigenvalue weighted by atomic mass is 35.5. The fourth-order valence-electron chi connectivity index (χ4n) is 1.96. The molecule has 1 rings (SSSR count). The van der Waals surface area contributed by atoms with Gasteiger partial charge in [0.05, 0.1) is 16.3 Å². The van der Waals surface area contributed by atoms with Gasteiger partial charge in [-0.3, -0.25) is 0 Å². The zero-order valence-corrected chi connectivity index (χ0v) is 12.4. The largest absolute Gasteiger partial charge is 0.389 e. The molecule has 0 bridgehead atoms. The molecule has 0 amide bonds. The third kappa shape index (κ3) is 4.48. The van der Waals surface area contributed by atoms with Crippen molar-refractivity contribution in [1.82, 2.24) is 5.32 Å². The number of halogens is 1. The summed E-state index contributed by atoms with van der Waals surface area (Å²) in [6.45, 7) is 7.85. The van der Waals surface area contributed by atoms with Crippen molar-refractivity contribution < 1.29 is 5.11 Å². The predicted octanol–water partition coefficient (Wildman–Crippen LogP) is 2.66. The minimum absolute atomic E-state index is 0.564. The van der Waals surface area contributed by atoms with Crippen molar-refractivity contribution >= 4 is 17.3 Å². The van der Waals surface area contributed by atoms with Gasteiger partial charge in [0.2, 0.25) is 0 Å². The van der Waals surface area contributed by atoms with Crippen LogP contribution in [0.1, 0.15) is 26.3 Å². The summed E-state index contributed by atoms with van der Waals surface area (Å²) in [4.78, 5) is 2.09. The van der Waals surface area contributed by atoms with Crippen LogP contribution in [0, 0.1) is 0 Å². The zero-order valence-electron chi connectivity index (χ0n) is 11.6. The van der Waals surface area contributed by atoms with E-state index in [1.165, 1.54) is 0 Å². The first-order chi connectivity index (χ1) is 8.37. The first-order valence-electron chi connectivity index (χ1n) is 6.27. The lowest BCUT2D eigenvalue weighted by Gasteiger charge is -2.30. The van der Waals surface area contributed by atoms with Gasteiger partial charge in [0.25, 0.3) is 0 Å². The van der Waals surface area contributed by atoms with Crippen LogP contribution in [0.3, 0.4) is 0 Å². The number of nitrogens with one attached hydrogen (secondary N) is 1. The molecule has 102 valence electrons. The molecule has 0 radical (unpaired) electrons. The van der Waals surface area contributed by atoms with E-state index in [-0.39, 0.29) is 0 Å². The Labute approximate surface area is 115 Å². The van der Waals surface area contributed by atoms with Crippen molar-refractivity contribution in [2.45, 2.75) is 32.9 Å². The molecule has 0 heterocycles. The van der Waals surface area contributed by atoms with E-state index in [2.05, 4.69) is 23.2 Å². The van der Waals surface area contributed by atoms with Crippen LogP contribution in [0.25, 0.3) is 0 Å². The van der Waals surface area contributed by atoms with Gasteiger partial charge in [-0.2, -0.15) is 0 Å². The maximum atomic E-state index is 9.92. The van der Waals surface area contributed by atoms with E-state index < -0.39 is 5.60 Å². The van der Waals surface area contributed by atoms with E-state index in [4.69, 9.17) is 11.6 Å². The lowest BCUT2D eigenvalue weighted by atomic mass is 10.1. The van der Waals surface area contributed by atoms with Crippen LogP contribution < -0.4 is 10.2 Å². The number of rotatable bonds is 6. The molecule has 0 aliphatic heterocycles. The van der Waals surface area contributed by atoms with Gasteiger partial charge in [-0.05, 0) is 45.5 Å². The van der Waals surface area contributed by atoms with Crippen LogP contribution >= 0.6 is 11.6 Å². The lowest BCUT2D eigenvalue weighted by molar-refractivity contribution is 0.0876. The van der Waals surface area contributed by atoms with E-state index in [0.29, 0.717) is 6.54 Å². The van der Waals surface area contributed by atoms with Gasteiger partial charge >= 0.3 is 0 Å². The summed E-state index contributed by atoms with van der Waals surface area (Å²) < 4.78 is 0. The minimum Gasteiger partial charge on any atom is -0.389 e. The van der Waals surface area contributed by atoms with Crippen LogP contribution in [0.5, 0.6) is 0 Å². The van der Waals surface area contributed by atoms with Gasteiger partial charge in [-0.25, -0.2) is 0 Å². The second-order valence-corrected chi connectivity index (χ2v) is 5.55. The molecule has 1 aromatic rings. The van der Waals surface area contributed by atoms with Crippen LogP contribution in [0.15, 0.2) is 18.2 Å². The summed E-state index contributed by atoms with van der Waals surface area (Å²) >= 11 is 6.32. The minimum atomic E-state index is -0.733. The average Bonchev–Trinajstić information content (AvgIpc) is 2.26. The number of aliphatic hydroxyl groups is 1. The van der Waals surface area contributed by atoms with Gasteiger partial charge in [-0.15, -0.1) is 0 Å². The molecule has 0 fully saturated rings. The van der Waals surface area contributed by atoms with Gasteiger partial charge in [0.15, 0.2) is 0 Å². The molecule has 4 heteroatoms. The highest BCUT2D eigenvalue weighted by Gasteiger charge is 2.19. The Bertz CT molecular complexity index is 388. The van der Waals surface area contributed by atoms with Crippen LogP contribution in [-0.4, -0.2) is 30.8 Å². The molecule has 0 unspecified atom stereocenters. The molecule has 18 heavy (non-hydrogen) atoms. The quantitative estimate of drug-likeness (QED) is 0.834. The van der Waals surface area contributed by atoms with Gasteiger partial charge in [0.1, 0.15) is 0 Å². The summed E-state index contributed by atoms with van der Waals surface area (Å²) in [6, 6.07) is 6.05. The number of anilines is 1. The third-order valence-corrected chi connectivity index (χ3v) is 3.00. The average molecular weight is 271 g/mol. The number of hydrogen-bond acceptors (Lipinski definition) is 3. The van der Waals surface area contributed by atoms with Gasteiger partial charge in [0, 0.05) is 19.6 Å². The topological polar surface area (TPSA) is 35.5 Å². The normalized spacial score (nSPS) is 11.7. The fraction of sp³-hybridized carbons (Fsp3) is 0.571. The molecular weight excluding hydrogens is 248 g/mol. The van der Waals surface area contributed by atoms with E-state index in [1.54, 1.807) is 13.8 Å². The molecular formula is C14H23ClN2O. The Balaban J connectivity index is 2.93. The standard InChI is InChI=1S/C14H23ClN2O/c1-5-17(10-14(2,3)18)13-7-6-11(9-16-4)8-12(13)15/h6-8,16,18H,5,9-10H2,1-4H3. The van der Waals surface area contributed by atoms with E-state index in [1.807, 2.05) is 19.2 Å². The second-order valence-electron chi connectivity index (χ2n) is 5.14. The van der Waals surface area contributed by atoms with E-state index in [9.17, 15) is 5.11 Å². The van der Waals surface area contributed by atoms with Crippen molar-refractivity contribution in [2.24, 2.45) is 0 Å². The SMILES string of the molecule is CCN(CC(C)(C)O)c1ccc(CNC)cc1Cl. The Kier molecular flexibility index (Phi) is 5.45. The molecule has 3 nitrogen and oxygen atoms in total. The first-order valence-corrected chi connectivity index (χ1v) is 6.65. The van der Waals surface area contributed by atoms with E-state index >= 15 is 0 Å². The Morgan fingerprint density at radius 2 is 2.06 bits per heavy atom. The number of likely N-dealkylation sites (N-methyl/N-ethyl adjacent to an activating group) is 1. The van der Waals surface area contributed by atoms with Crippen LogP contribution in [0.4, 0.5) is 5.69 Å². The molecule has 0 spiro atoms. The van der Waals surface area contributed by atoms with Crippen LogP contribution in [-0.2, 0) is 6.54 Å². The Morgan fingerprint density at radius 1 is 1.39 bits per heavy atom.